The van der Waals surface area contributed by atoms with Crippen LogP contribution < -0.4 is 10.2 Å². The Kier molecular flexibility index (Phi) is 5.24. The molecule has 1 aromatic heterocycles. The number of rotatable bonds is 5. The molecule has 0 unspecified atom stereocenters. The van der Waals surface area contributed by atoms with Gasteiger partial charge in [0.1, 0.15) is 5.75 Å². The molecule has 0 amide bonds. The molecule has 0 spiro atoms. The molecule has 4 heteroatoms. The number of fused-ring (bicyclic) bond motifs is 1. The number of pyridine rings is 1. The Morgan fingerprint density at radius 2 is 2.00 bits per heavy atom. The quantitative estimate of drug-likeness (QED) is 0.902. The zero-order valence-electron chi connectivity index (χ0n) is 15.0. The zero-order chi connectivity index (χ0) is 17.1. The first-order chi connectivity index (χ1) is 11.6. The van der Waals surface area contributed by atoms with Crippen molar-refractivity contribution in [1.82, 2.24) is 9.88 Å². The van der Waals surface area contributed by atoms with Crippen LogP contribution in [0.15, 0.2) is 23.0 Å². The van der Waals surface area contributed by atoms with Crippen molar-refractivity contribution in [1.29, 1.82) is 0 Å². The highest BCUT2D eigenvalue weighted by atomic mass is 16.5. The molecule has 2 aromatic rings. The summed E-state index contributed by atoms with van der Waals surface area (Å²) in [6.45, 7) is 5.27. The lowest BCUT2D eigenvalue weighted by molar-refractivity contribution is 0.184. The van der Waals surface area contributed by atoms with Crippen molar-refractivity contribution >= 4 is 10.9 Å². The van der Waals surface area contributed by atoms with E-state index in [1.54, 1.807) is 0 Å². The van der Waals surface area contributed by atoms with Crippen molar-refractivity contribution in [3.05, 3.63) is 39.7 Å². The fourth-order valence-corrected chi connectivity index (χ4v) is 3.78. The number of aromatic nitrogens is 1. The Morgan fingerprint density at radius 1 is 1.25 bits per heavy atom. The molecule has 4 nitrogen and oxygen atoms in total. The normalized spacial score (nSPS) is 16.0. The van der Waals surface area contributed by atoms with E-state index in [9.17, 15) is 4.79 Å². The van der Waals surface area contributed by atoms with E-state index >= 15 is 0 Å². The maximum Gasteiger partial charge on any atom is 0.194 e. The van der Waals surface area contributed by atoms with E-state index in [4.69, 9.17) is 4.74 Å². The van der Waals surface area contributed by atoms with Gasteiger partial charge < -0.3 is 9.72 Å². The maximum atomic E-state index is 13.0. The number of H-pyrrole nitrogens is 1. The highest BCUT2D eigenvalue weighted by Gasteiger charge is 2.20. The predicted molar refractivity (Wildman–Crippen MR) is 98.8 cm³/mol. The van der Waals surface area contributed by atoms with E-state index in [0.29, 0.717) is 19.2 Å². The number of benzene rings is 1. The van der Waals surface area contributed by atoms with Crippen LogP contribution in [0, 0.1) is 6.92 Å². The molecular weight excluding hydrogens is 300 g/mol. The molecule has 1 aliphatic carbocycles. The third kappa shape index (κ3) is 3.48. The average molecular weight is 328 g/mol. The average Bonchev–Trinajstić information content (AvgIpc) is 2.60. The van der Waals surface area contributed by atoms with Gasteiger partial charge in [-0.05, 0) is 51.9 Å². The van der Waals surface area contributed by atoms with Crippen LogP contribution in [0.4, 0.5) is 0 Å². The predicted octanol–water partition coefficient (Wildman–Crippen LogP) is 4.00. The van der Waals surface area contributed by atoms with Crippen LogP contribution in [0.2, 0.25) is 0 Å². The molecule has 1 heterocycles. The summed E-state index contributed by atoms with van der Waals surface area (Å²) in [6, 6.07) is 6.31. The summed E-state index contributed by atoms with van der Waals surface area (Å²) < 4.78 is 5.55. The Morgan fingerprint density at radius 3 is 2.71 bits per heavy atom. The lowest BCUT2D eigenvalue weighted by Gasteiger charge is -2.31. The summed E-state index contributed by atoms with van der Waals surface area (Å²) in [6.07, 6.45) is 6.45. The number of hydrogen-bond donors (Lipinski definition) is 1. The molecule has 1 aliphatic rings. The number of aromatic amines is 1. The monoisotopic (exact) mass is 328 g/mol. The second kappa shape index (κ2) is 7.39. The molecule has 130 valence electrons. The van der Waals surface area contributed by atoms with Crippen LogP contribution in [-0.2, 0) is 6.54 Å². The minimum atomic E-state index is 0.130. The first-order valence-corrected chi connectivity index (χ1v) is 9.08. The first kappa shape index (κ1) is 17.0. The van der Waals surface area contributed by atoms with Crippen LogP contribution in [0.25, 0.3) is 10.9 Å². The van der Waals surface area contributed by atoms with Gasteiger partial charge in [0.05, 0.1) is 6.61 Å². The molecule has 0 aliphatic heterocycles. The molecule has 0 radical (unpaired) electrons. The molecule has 24 heavy (non-hydrogen) atoms. The second-order valence-electron chi connectivity index (χ2n) is 6.91. The largest absolute Gasteiger partial charge is 0.494 e. The minimum absolute atomic E-state index is 0.130. The van der Waals surface area contributed by atoms with E-state index in [2.05, 4.69) is 16.9 Å². The molecule has 1 saturated carbocycles. The van der Waals surface area contributed by atoms with Gasteiger partial charge in [-0.25, -0.2) is 0 Å². The minimum Gasteiger partial charge on any atom is -0.494 e. The fourth-order valence-electron chi connectivity index (χ4n) is 3.78. The zero-order valence-corrected chi connectivity index (χ0v) is 15.0. The van der Waals surface area contributed by atoms with Crippen molar-refractivity contribution in [3.8, 4) is 5.75 Å². The third-order valence-corrected chi connectivity index (χ3v) is 5.20. The number of hydrogen-bond acceptors (Lipinski definition) is 3. The number of aryl methyl sites for hydroxylation is 1. The first-order valence-electron chi connectivity index (χ1n) is 9.08. The van der Waals surface area contributed by atoms with E-state index in [1.807, 2.05) is 32.0 Å². The van der Waals surface area contributed by atoms with Crippen LogP contribution in [0.3, 0.4) is 0 Å². The molecular formula is C20H28N2O2. The van der Waals surface area contributed by atoms with Crippen molar-refractivity contribution < 1.29 is 4.74 Å². The van der Waals surface area contributed by atoms with Gasteiger partial charge >= 0.3 is 0 Å². The van der Waals surface area contributed by atoms with Crippen molar-refractivity contribution in [3.63, 3.8) is 0 Å². The number of nitrogens with zero attached hydrogens (tertiary/aromatic N) is 1. The second-order valence-corrected chi connectivity index (χ2v) is 6.91. The third-order valence-electron chi connectivity index (χ3n) is 5.20. The summed E-state index contributed by atoms with van der Waals surface area (Å²) in [5.74, 6) is 0.755. The Labute approximate surface area is 143 Å². The van der Waals surface area contributed by atoms with E-state index in [1.165, 1.54) is 32.1 Å². The molecule has 1 fully saturated rings. The Bertz CT molecular complexity index is 760. The van der Waals surface area contributed by atoms with E-state index in [0.717, 1.165) is 27.9 Å². The Hall–Kier alpha value is -1.81. The van der Waals surface area contributed by atoms with E-state index < -0.39 is 0 Å². The summed E-state index contributed by atoms with van der Waals surface area (Å²) in [4.78, 5) is 18.8. The smallest absolute Gasteiger partial charge is 0.194 e. The molecule has 0 atom stereocenters. The van der Waals surface area contributed by atoms with Crippen molar-refractivity contribution in [2.75, 3.05) is 13.7 Å². The van der Waals surface area contributed by atoms with Gasteiger partial charge in [-0.3, -0.25) is 9.69 Å². The molecule has 1 aromatic carbocycles. The number of ether oxygens (including phenoxy) is 1. The van der Waals surface area contributed by atoms with Gasteiger partial charge in [0.15, 0.2) is 5.43 Å². The highest BCUT2D eigenvalue weighted by Crippen LogP contribution is 2.24. The van der Waals surface area contributed by atoms with Crippen molar-refractivity contribution in [2.24, 2.45) is 0 Å². The summed E-state index contributed by atoms with van der Waals surface area (Å²) in [5, 5.41) is 0.721. The summed E-state index contributed by atoms with van der Waals surface area (Å²) in [7, 11) is 2.15. The lowest BCUT2D eigenvalue weighted by Crippen LogP contribution is -2.34. The van der Waals surface area contributed by atoms with Gasteiger partial charge in [-0.15, -0.1) is 0 Å². The van der Waals surface area contributed by atoms with Gasteiger partial charge in [0, 0.05) is 34.7 Å². The highest BCUT2D eigenvalue weighted by molar-refractivity contribution is 5.81. The van der Waals surface area contributed by atoms with Crippen LogP contribution in [0.5, 0.6) is 5.75 Å². The topological polar surface area (TPSA) is 45.3 Å². The number of nitrogens with one attached hydrogen (secondary N) is 1. The van der Waals surface area contributed by atoms with Crippen LogP contribution in [-0.4, -0.2) is 29.6 Å². The van der Waals surface area contributed by atoms with E-state index in [-0.39, 0.29) is 5.43 Å². The van der Waals surface area contributed by atoms with Gasteiger partial charge in [0.25, 0.3) is 0 Å². The Balaban J connectivity index is 1.93. The van der Waals surface area contributed by atoms with Gasteiger partial charge in [-0.2, -0.15) is 0 Å². The van der Waals surface area contributed by atoms with Gasteiger partial charge in [0.2, 0.25) is 0 Å². The summed E-state index contributed by atoms with van der Waals surface area (Å²) in [5.41, 5.74) is 2.86. The van der Waals surface area contributed by atoms with Crippen LogP contribution >= 0.6 is 0 Å². The molecule has 1 N–H and O–H groups in total. The molecule has 3 rings (SSSR count). The maximum absolute atomic E-state index is 13.0. The molecule has 0 saturated heterocycles. The SMILES string of the molecule is CCOc1ccc2[nH]c(C)c(CN(C)C3CCCCC3)c(=O)c2c1. The summed E-state index contributed by atoms with van der Waals surface area (Å²) >= 11 is 0. The molecule has 0 bridgehead atoms. The lowest BCUT2D eigenvalue weighted by atomic mass is 9.94. The van der Waals surface area contributed by atoms with Crippen LogP contribution in [0.1, 0.15) is 50.3 Å². The standard InChI is InChI=1S/C20H28N2O2/c1-4-24-16-10-11-19-17(12-16)20(23)18(14(2)21-19)13-22(3)15-8-6-5-7-9-15/h10-12,15H,4-9,13H2,1-3H3,(H,21,23). The van der Waals surface area contributed by atoms with Crippen molar-refractivity contribution in [2.45, 2.75) is 58.5 Å². The van der Waals surface area contributed by atoms with Gasteiger partial charge in [-0.1, -0.05) is 19.3 Å². The fraction of sp³-hybridized carbons (Fsp3) is 0.550.